The normalized spacial score (nSPS) is 19.4. The number of nitrogens with two attached hydrogens (primary N) is 1. The Morgan fingerprint density at radius 2 is 1.55 bits per heavy atom. The zero-order chi connectivity index (χ0) is 14.6. The second-order valence-electron chi connectivity index (χ2n) is 6.26. The standard InChI is InChI=1S/C16H36N4/c1-3-4-5-6-7-8-9-10-16(15-17)18-20-13-11-19(2)12-14-20/h16,18H,3-15,17H2,1-2H3. The fourth-order valence-electron chi connectivity index (χ4n) is 2.78. The molecular weight excluding hydrogens is 248 g/mol. The molecular formula is C16H36N4. The van der Waals surface area contributed by atoms with Gasteiger partial charge in [0.1, 0.15) is 0 Å². The molecule has 1 rings (SSSR count). The number of piperazine rings is 1. The Kier molecular flexibility index (Phi) is 10.3. The summed E-state index contributed by atoms with van der Waals surface area (Å²) in [5, 5.41) is 2.36. The van der Waals surface area contributed by atoms with E-state index in [1.807, 2.05) is 0 Å². The summed E-state index contributed by atoms with van der Waals surface area (Å²) in [6.45, 7) is 7.56. The first-order valence-electron chi connectivity index (χ1n) is 8.66. The van der Waals surface area contributed by atoms with E-state index < -0.39 is 0 Å². The third-order valence-electron chi connectivity index (χ3n) is 4.31. The van der Waals surface area contributed by atoms with Crippen LogP contribution in [-0.4, -0.2) is 55.7 Å². The molecule has 120 valence electrons. The van der Waals surface area contributed by atoms with Crippen LogP contribution in [0.25, 0.3) is 0 Å². The smallest absolute Gasteiger partial charge is 0.0337 e. The highest BCUT2D eigenvalue weighted by atomic mass is 15.5. The van der Waals surface area contributed by atoms with Crippen molar-refractivity contribution in [1.29, 1.82) is 0 Å². The minimum absolute atomic E-state index is 0.467. The zero-order valence-corrected chi connectivity index (χ0v) is 13.7. The SMILES string of the molecule is CCCCCCCCCC(CN)NN1CCN(C)CC1. The number of rotatable bonds is 11. The van der Waals surface area contributed by atoms with Gasteiger partial charge < -0.3 is 10.6 Å². The summed E-state index contributed by atoms with van der Waals surface area (Å²) in [7, 11) is 2.19. The zero-order valence-electron chi connectivity index (χ0n) is 13.7. The molecule has 1 aliphatic rings. The first-order valence-corrected chi connectivity index (χ1v) is 8.66. The van der Waals surface area contributed by atoms with Crippen LogP contribution in [0.3, 0.4) is 0 Å². The quantitative estimate of drug-likeness (QED) is 0.571. The lowest BCUT2D eigenvalue weighted by molar-refractivity contribution is 0.0857. The van der Waals surface area contributed by atoms with E-state index in [-0.39, 0.29) is 0 Å². The number of unbranched alkanes of at least 4 members (excludes halogenated alkanes) is 6. The summed E-state index contributed by atoms with van der Waals surface area (Å²) >= 11 is 0. The molecule has 4 nitrogen and oxygen atoms in total. The molecule has 0 aliphatic carbocycles. The molecule has 1 fully saturated rings. The monoisotopic (exact) mass is 284 g/mol. The van der Waals surface area contributed by atoms with Gasteiger partial charge in [0, 0.05) is 38.8 Å². The van der Waals surface area contributed by atoms with E-state index in [1.54, 1.807) is 0 Å². The Bertz CT molecular complexity index is 215. The molecule has 1 saturated heterocycles. The van der Waals surface area contributed by atoms with Crippen LogP contribution in [0.5, 0.6) is 0 Å². The number of hydrogen-bond acceptors (Lipinski definition) is 4. The number of nitrogens with one attached hydrogen (secondary N) is 1. The van der Waals surface area contributed by atoms with Crippen molar-refractivity contribution in [2.24, 2.45) is 5.73 Å². The molecule has 1 atom stereocenters. The van der Waals surface area contributed by atoms with E-state index in [1.165, 1.54) is 51.4 Å². The summed E-state index contributed by atoms with van der Waals surface area (Å²) in [5.41, 5.74) is 9.52. The molecule has 1 heterocycles. The van der Waals surface area contributed by atoms with Crippen LogP contribution in [0.2, 0.25) is 0 Å². The minimum Gasteiger partial charge on any atom is -0.329 e. The van der Waals surface area contributed by atoms with Gasteiger partial charge in [0.05, 0.1) is 0 Å². The van der Waals surface area contributed by atoms with Gasteiger partial charge >= 0.3 is 0 Å². The van der Waals surface area contributed by atoms with Gasteiger partial charge in [-0.25, -0.2) is 5.01 Å². The van der Waals surface area contributed by atoms with Crippen molar-refractivity contribution in [2.75, 3.05) is 39.8 Å². The highest BCUT2D eigenvalue weighted by molar-refractivity contribution is 4.71. The van der Waals surface area contributed by atoms with Crippen LogP contribution in [0, 0.1) is 0 Å². The average molecular weight is 284 g/mol. The van der Waals surface area contributed by atoms with Crippen molar-refractivity contribution in [2.45, 2.75) is 64.3 Å². The first-order chi connectivity index (χ1) is 9.76. The van der Waals surface area contributed by atoms with E-state index in [4.69, 9.17) is 5.73 Å². The number of nitrogens with zero attached hydrogens (tertiary/aromatic N) is 2. The summed E-state index contributed by atoms with van der Waals surface area (Å²) in [6, 6.07) is 0.467. The summed E-state index contributed by atoms with van der Waals surface area (Å²) in [4.78, 5) is 2.38. The molecule has 0 bridgehead atoms. The van der Waals surface area contributed by atoms with E-state index >= 15 is 0 Å². The number of hydrazine groups is 1. The minimum atomic E-state index is 0.467. The van der Waals surface area contributed by atoms with Crippen LogP contribution in [0.4, 0.5) is 0 Å². The Balaban J connectivity index is 2.01. The van der Waals surface area contributed by atoms with Gasteiger partial charge in [-0.1, -0.05) is 51.9 Å². The van der Waals surface area contributed by atoms with Gasteiger partial charge in [-0.05, 0) is 13.5 Å². The lowest BCUT2D eigenvalue weighted by Crippen LogP contribution is -2.55. The van der Waals surface area contributed by atoms with E-state index in [9.17, 15) is 0 Å². The predicted octanol–water partition coefficient (Wildman–Crippen LogP) is 2.21. The summed E-state index contributed by atoms with van der Waals surface area (Å²) in [6.07, 6.45) is 10.9. The van der Waals surface area contributed by atoms with E-state index in [0.717, 1.165) is 32.7 Å². The molecule has 1 aliphatic heterocycles. The van der Waals surface area contributed by atoms with Crippen molar-refractivity contribution < 1.29 is 0 Å². The molecule has 0 aromatic carbocycles. The first kappa shape index (κ1) is 17.9. The van der Waals surface area contributed by atoms with Crippen LogP contribution >= 0.6 is 0 Å². The number of likely N-dealkylation sites (N-methyl/N-ethyl adjacent to an activating group) is 1. The molecule has 0 saturated carbocycles. The summed E-state index contributed by atoms with van der Waals surface area (Å²) < 4.78 is 0. The van der Waals surface area contributed by atoms with Crippen LogP contribution in [0.1, 0.15) is 58.3 Å². The molecule has 0 aromatic heterocycles. The predicted molar refractivity (Wildman–Crippen MR) is 87.7 cm³/mol. The molecule has 4 heteroatoms. The summed E-state index contributed by atoms with van der Waals surface area (Å²) in [5.74, 6) is 0. The van der Waals surface area contributed by atoms with E-state index in [2.05, 4.69) is 29.3 Å². The van der Waals surface area contributed by atoms with Crippen LogP contribution < -0.4 is 11.2 Å². The van der Waals surface area contributed by atoms with Crippen molar-refractivity contribution in [3.8, 4) is 0 Å². The van der Waals surface area contributed by atoms with Gasteiger partial charge in [-0.15, -0.1) is 0 Å². The molecule has 0 amide bonds. The van der Waals surface area contributed by atoms with Gasteiger partial charge in [0.2, 0.25) is 0 Å². The highest BCUT2D eigenvalue weighted by Gasteiger charge is 2.16. The highest BCUT2D eigenvalue weighted by Crippen LogP contribution is 2.10. The maximum Gasteiger partial charge on any atom is 0.0337 e. The Labute approximate surface area is 126 Å². The average Bonchev–Trinajstić information content (AvgIpc) is 2.47. The largest absolute Gasteiger partial charge is 0.329 e. The van der Waals surface area contributed by atoms with Gasteiger partial charge in [0.25, 0.3) is 0 Å². The van der Waals surface area contributed by atoms with Gasteiger partial charge in [-0.3, -0.25) is 5.43 Å². The number of hydrogen-bond donors (Lipinski definition) is 2. The fourth-order valence-corrected chi connectivity index (χ4v) is 2.78. The second kappa shape index (κ2) is 11.5. The van der Waals surface area contributed by atoms with Crippen LogP contribution in [0.15, 0.2) is 0 Å². The van der Waals surface area contributed by atoms with Gasteiger partial charge in [-0.2, -0.15) is 0 Å². The molecule has 3 N–H and O–H groups in total. The molecule has 0 radical (unpaired) electrons. The third-order valence-corrected chi connectivity index (χ3v) is 4.31. The Morgan fingerprint density at radius 1 is 0.950 bits per heavy atom. The molecule has 1 unspecified atom stereocenters. The lowest BCUT2D eigenvalue weighted by Gasteiger charge is -2.35. The van der Waals surface area contributed by atoms with Crippen molar-refractivity contribution >= 4 is 0 Å². The van der Waals surface area contributed by atoms with E-state index in [0.29, 0.717) is 6.04 Å². The van der Waals surface area contributed by atoms with Crippen molar-refractivity contribution in [3.05, 3.63) is 0 Å². The van der Waals surface area contributed by atoms with Gasteiger partial charge in [0.15, 0.2) is 0 Å². The lowest BCUT2D eigenvalue weighted by atomic mass is 10.1. The Morgan fingerprint density at radius 3 is 2.15 bits per heavy atom. The second-order valence-corrected chi connectivity index (χ2v) is 6.26. The maximum atomic E-state index is 5.90. The molecule has 20 heavy (non-hydrogen) atoms. The van der Waals surface area contributed by atoms with Crippen LogP contribution in [-0.2, 0) is 0 Å². The molecule has 0 aromatic rings. The maximum absolute atomic E-state index is 5.90. The van der Waals surface area contributed by atoms with Crippen molar-refractivity contribution in [3.63, 3.8) is 0 Å². The fraction of sp³-hybridized carbons (Fsp3) is 1.00. The topological polar surface area (TPSA) is 44.5 Å². The molecule has 0 spiro atoms. The third kappa shape index (κ3) is 8.20. The van der Waals surface area contributed by atoms with Crippen molar-refractivity contribution in [1.82, 2.24) is 15.3 Å². The Hall–Kier alpha value is -0.160.